The molecule has 2 heterocycles. The molecule has 0 amide bonds. The number of benzene rings is 1. The molecule has 3 nitrogen and oxygen atoms in total. The van der Waals surface area contributed by atoms with Crippen molar-refractivity contribution in [2.45, 2.75) is 6.10 Å². The van der Waals surface area contributed by atoms with E-state index in [0.717, 1.165) is 0 Å². The van der Waals surface area contributed by atoms with Crippen molar-refractivity contribution in [1.82, 2.24) is 10.3 Å². The Morgan fingerprint density at radius 2 is 2.24 bits per heavy atom. The summed E-state index contributed by atoms with van der Waals surface area (Å²) in [4.78, 5) is 2.78. The summed E-state index contributed by atoms with van der Waals surface area (Å²) in [7, 11) is 0. The number of aromatic amines is 1. The molecule has 5 heteroatoms. The third kappa shape index (κ3) is 1.71. The summed E-state index contributed by atoms with van der Waals surface area (Å²) in [5.41, 5.74) is 0.336. The van der Waals surface area contributed by atoms with Crippen molar-refractivity contribution in [3.05, 3.63) is 35.5 Å². The third-order valence-corrected chi connectivity index (χ3v) is 3.02. The molecule has 0 saturated carbocycles. The molecule has 2 aromatic rings. The molecule has 90 valence electrons. The highest BCUT2D eigenvalue weighted by Gasteiger charge is 2.25. The topological polar surface area (TPSA) is 37.0 Å². The van der Waals surface area contributed by atoms with Crippen molar-refractivity contribution in [2.75, 3.05) is 19.7 Å². The van der Waals surface area contributed by atoms with Gasteiger partial charge in [0, 0.05) is 24.7 Å². The molecule has 0 bridgehead atoms. The Morgan fingerprint density at radius 3 is 3.00 bits per heavy atom. The van der Waals surface area contributed by atoms with Gasteiger partial charge in [0.05, 0.1) is 17.7 Å². The Morgan fingerprint density at radius 1 is 1.35 bits per heavy atom. The lowest BCUT2D eigenvalue weighted by Gasteiger charge is -2.24. The monoisotopic (exact) mass is 238 g/mol. The van der Waals surface area contributed by atoms with Gasteiger partial charge in [-0.15, -0.1) is 0 Å². The maximum atomic E-state index is 14.2. The lowest BCUT2D eigenvalue weighted by Crippen LogP contribution is -2.34. The number of rotatable bonds is 1. The van der Waals surface area contributed by atoms with E-state index in [4.69, 9.17) is 4.74 Å². The van der Waals surface area contributed by atoms with Crippen molar-refractivity contribution in [1.29, 1.82) is 0 Å². The zero-order chi connectivity index (χ0) is 11.8. The van der Waals surface area contributed by atoms with Gasteiger partial charge in [0.15, 0.2) is 5.82 Å². The van der Waals surface area contributed by atoms with E-state index in [-0.39, 0.29) is 5.56 Å². The van der Waals surface area contributed by atoms with Gasteiger partial charge in [0.1, 0.15) is 11.9 Å². The Labute approximate surface area is 96.8 Å². The van der Waals surface area contributed by atoms with Gasteiger partial charge < -0.3 is 15.0 Å². The van der Waals surface area contributed by atoms with E-state index in [2.05, 4.69) is 10.3 Å². The largest absolute Gasteiger partial charge is 0.371 e. The lowest BCUT2D eigenvalue weighted by atomic mass is 10.0. The minimum Gasteiger partial charge on any atom is -0.371 e. The summed E-state index contributed by atoms with van der Waals surface area (Å²) >= 11 is 0. The first-order chi connectivity index (χ1) is 8.27. The van der Waals surface area contributed by atoms with Gasteiger partial charge in [-0.1, -0.05) is 0 Å². The maximum Gasteiger partial charge on any atom is 0.156 e. The molecule has 1 aliphatic rings. The second kappa shape index (κ2) is 4.09. The third-order valence-electron chi connectivity index (χ3n) is 3.02. The zero-order valence-electron chi connectivity index (χ0n) is 9.09. The van der Waals surface area contributed by atoms with Crippen LogP contribution < -0.4 is 5.32 Å². The normalized spacial score (nSPS) is 20.9. The number of aromatic nitrogens is 1. The molecule has 1 unspecified atom stereocenters. The number of ether oxygens (including phenoxy) is 1. The van der Waals surface area contributed by atoms with Crippen LogP contribution in [0.4, 0.5) is 8.78 Å². The van der Waals surface area contributed by atoms with Gasteiger partial charge in [0.2, 0.25) is 0 Å². The van der Waals surface area contributed by atoms with Crippen LogP contribution in [0.25, 0.3) is 10.9 Å². The SMILES string of the molecule is Fc1cc2cc[nH]c2c(F)c1C1CNCCO1. The second-order valence-electron chi connectivity index (χ2n) is 4.09. The summed E-state index contributed by atoms with van der Waals surface area (Å²) in [5.74, 6) is -1.11. The van der Waals surface area contributed by atoms with Crippen LogP contribution in [0, 0.1) is 11.6 Å². The maximum absolute atomic E-state index is 14.2. The first-order valence-corrected chi connectivity index (χ1v) is 5.54. The van der Waals surface area contributed by atoms with Crippen LogP contribution in [-0.4, -0.2) is 24.7 Å². The van der Waals surface area contributed by atoms with E-state index in [1.165, 1.54) is 6.07 Å². The minimum absolute atomic E-state index is 0.00662. The smallest absolute Gasteiger partial charge is 0.156 e. The molecule has 17 heavy (non-hydrogen) atoms. The summed E-state index contributed by atoms with van der Waals surface area (Å²) in [6.45, 7) is 1.61. The van der Waals surface area contributed by atoms with Crippen LogP contribution in [0.1, 0.15) is 11.7 Å². The van der Waals surface area contributed by atoms with Gasteiger partial charge in [-0.3, -0.25) is 0 Å². The molecular formula is C12H12F2N2O. The van der Waals surface area contributed by atoms with E-state index in [0.29, 0.717) is 30.6 Å². The first-order valence-electron chi connectivity index (χ1n) is 5.54. The molecule has 1 fully saturated rings. The quantitative estimate of drug-likeness (QED) is 0.798. The molecule has 0 spiro atoms. The molecule has 1 atom stereocenters. The average molecular weight is 238 g/mol. The molecule has 1 saturated heterocycles. The highest BCUT2D eigenvalue weighted by Crippen LogP contribution is 2.29. The van der Waals surface area contributed by atoms with Gasteiger partial charge in [-0.25, -0.2) is 8.78 Å². The van der Waals surface area contributed by atoms with Crippen LogP contribution in [0.2, 0.25) is 0 Å². The van der Waals surface area contributed by atoms with Crippen LogP contribution >= 0.6 is 0 Å². The van der Waals surface area contributed by atoms with E-state index in [1.807, 2.05) is 0 Å². The minimum atomic E-state index is -0.559. The standard InChI is InChI=1S/C12H12F2N2O/c13-8-5-7-1-2-16-12(7)11(14)10(8)9-6-15-3-4-17-9/h1-2,5,9,15-16H,3-4,6H2. The number of nitrogens with one attached hydrogen (secondary N) is 2. The average Bonchev–Trinajstić information content (AvgIpc) is 2.78. The van der Waals surface area contributed by atoms with E-state index < -0.39 is 17.7 Å². The van der Waals surface area contributed by atoms with Crippen molar-refractivity contribution in [2.24, 2.45) is 0 Å². The van der Waals surface area contributed by atoms with Crippen LogP contribution in [0.3, 0.4) is 0 Å². The summed E-state index contributed by atoms with van der Waals surface area (Å²) in [6.07, 6.45) is 1.04. The van der Waals surface area contributed by atoms with Crippen LogP contribution in [-0.2, 0) is 4.74 Å². The molecule has 0 aliphatic carbocycles. The Hall–Kier alpha value is -1.46. The van der Waals surface area contributed by atoms with Gasteiger partial charge in [-0.2, -0.15) is 0 Å². The van der Waals surface area contributed by atoms with Crippen LogP contribution in [0.15, 0.2) is 18.3 Å². The van der Waals surface area contributed by atoms with E-state index in [9.17, 15) is 8.78 Å². The molecule has 1 aromatic carbocycles. The molecular weight excluding hydrogens is 226 g/mol. The highest BCUT2D eigenvalue weighted by atomic mass is 19.1. The van der Waals surface area contributed by atoms with Gasteiger partial charge in [0.25, 0.3) is 0 Å². The number of fused-ring (bicyclic) bond motifs is 1. The highest BCUT2D eigenvalue weighted by molar-refractivity contribution is 5.81. The fourth-order valence-electron chi connectivity index (χ4n) is 2.19. The van der Waals surface area contributed by atoms with Crippen molar-refractivity contribution >= 4 is 10.9 Å². The molecule has 1 aromatic heterocycles. The van der Waals surface area contributed by atoms with Gasteiger partial charge in [-0.05, 0) is 12.1 Å². The fourth-order valence-corrected chi connectivity index (χ4v) is 2.19. The lowest BCUT2D eigenvalue weighted by molar-refractivity contribution is 0.0234. The number of hydrogen-bond acceptors (Lipinski definition) is 2. The Bertz CT molecular complexity index is 547. The van der Waals surface area contributed by atoms with Crippen molar-refractivity contribution < 1.29 is 13.5 Å². The molecule has 0 radical (unpaired) electrons. The number of hydrogen-bond donors (Lipinski definition) is 2. The fraction of sp³-hybridized carbons (Fsp3) is 0.333. The van der Waals surface area contributed by atoms with Crippen LogP contribution in [0.5, 0.6) is 0 Å². The van der Waals surface area contributed by atoms with Gasteiger partial charge >= 0.3 is 0 Å². The zero-order valence-corrected chi connectivity index (χ0v) is 9.09. The first kappa shape index (κ1) is 10.7. The molecule has 2 N–H and O–H groups in total. The predicted molar refractivity (Wildman–Crippen MR) is 59.8 cm³/mol. The summed E-state index contributed by atoms with van der Waals surface area (Å²) < 4.78 is 33.4. The van der Waals surface area contributed by atoms with E-state index >= 15 is 0 Å². The van der Waals surface area contributed by atoms with Crippen molar-refractivity contribution in [3.63, 3.8) is 0 Å². The second-order valence-corrected chi connectivity index (χ2v) is 4.09. The molecule has 3 rings (SSSR count). The van der Waals surface area contributed by atoms with E-state index in [1.54, 1.807) is 12.3 Å². The number of H-pyrrole nitrogens is 1. The number of morpholine rings is 1. The summed E-state index contributed by atoms with van der Waals surface area (Å²) in [5, 5.41) is 3.60. The number of halogens is 2. The predicted octanol–water partition coefficient (Wildman–Crippen LogP) is 2.11. The Balaban J connectivity index is 2.13. The summed E-state index contributed by atoms with van der Waals surface area (Å²) in [6, 6.07) is 2.98. The Kier molecular flexibility index (Phi) is 2.57. The molecule has 1 aliphatic heterocycles. The van der Waals surface area contributed by atoms with Crippen molar-refractivity contribution in [3.8, 4) is 0 Å².